The van der Waals surface area contributed by atoms with Gasteiger partial charge in [-0.05, 0) is 0 Å². The fourth-order valence-electron chi connectivity index (χ4n) is 6.04. The average molecular weight is 603 g/mol. The summed E-state index contributed by atoms with van der Waals surface area (Å²) in [6.07, 6.45) is -8.64. The monoisotopic (exact) mass is 602 g/mol. The average Bonchev–Trinajstić information content (AvgIpc) is 3.79. The zero-order chi connectivity index (χ0) is 29.4. The van der Waals surface area contributed by atoms with E-state index in [0.29, 0.717) is 0 Å². The van der Waals surface area contributed by atoms with E-state index in [9.17, 15) is 29.4 Å². The normalized spacial score (nSPS) is 41.7. The summed E-state index contributed by atoms with van der Waals surface area (Å²) < 4.78 is 54.6. The van der Waals surface area contributed by atoms with Crippen molar-refractivity contribution in [3.05, 3.63) is 0 Å². The van der Waals surface area contributed by atoms with Crippen LogP contribution in [0.15, 0.2) is 0 Å². The molecule has 12 atom stereocenters. The Labute approximate surface area is 239 Å². The Morgan fingerprint density at radius 3 is 0.976 bits per heavy atom. The Morgan fingerprint density at radius 2 is 0.667 bits per heavy atom. The van der Waals surface area contributed by atoms with Crippen LogP contribution in [0.2, 0.25) is 0 Å². The fourth-order valence-corrected chi connectivity index (χ4v) is 6.04. The van der Waals surface area contributed by atoms with E-state index >= 15 is 0 Å². The van der Waals surface area contributed by atoms with Gasteiger partial charge in [-0.3, -0.25) is 19.2 Å². The number of esters is 4. The zero-order valence-electron chi connectivity index (χ0n) is 22.6. The molecule has 6 aliphatic rings. The van der Waals surface area contributed by atoms with Gasteiger partial charge in [0.05, 0.1) is 65.3 Å². The molecule has 16 heteroatoms. The smallest absolute Gasteiger partial charge is 0.306 e. The summed E-state index contributed by atoms with van der Waals surface area (Å²) in [6.45, 7) is 0.482. The lowest BCUT2D eigenvalue weighted by Crippen LogP contribution is -2.36. The predicted octanol–water partition coefficient (Wildman–Crippen LogP) is -2.69. The fraction of sp³-hybridized carbons (Fsp3) is 0.846. The van der Waals surface area contributed by atoms with Crippen molar-refractivity contribution in [1.29, 1.82) is 0 Å². The molecule has 0 saturated carbocycles. The topological polar surface area (TPSA) is 201 Å². The van der Waals surface area contributed by atoms with Crippen LogP contribution in [0.3, 0.4) is 0 Å². The molecule has 0 radical (unpaired) electrons. The van der Waals surface area contributed by atoms with Crippen LogP contribution >= 0.6 is 0 Å². The van der Waals surface area contributed by atoms with Crippen LogP contribution in [0.25, 0.3) is 0 Å². The Balaban J connectivity index is 0.869. The molecular weight excluding hydrogens is 568 g/mol. The van der Waals surface area contributed by atoms with Gasteiger partial charge < -0.3 is 57.6 Å². The standard InChI is InChI=1S/C26H34O16/c27-11-5-33-23-13(7-35-21(11)23)39-17(29)1-3-19(31)41-15-9-37-26-16(10-38-25(15)26)42-20(32)4-2-18(30)40-14-8-36-22-12(28)6-34-24(14)22/h11-16,21-28H,1-10H2. The van der Waals surface area contributed by atoms with Gasteiger partial charge in [0.2, 0.25) is 0 Å². The van der Waals surface area contributed by atoms with E-state index in [2.05, 4.69) is 0 Å². The Bertz CT molecular complexity index is 956. The molecule has 42 heavy (non-hydrogen) atoms. The molecule has 6 aliphatic heterocycles. The predicted molar refractivity (Wildman–Crippen MR) is 128 cm³/mol. The number of fused-ring (bicyclic) bond motifs is 3. The molecule has 0 amide bonds. The number of ether oxygens (including phenoxy) is 10. The van der Waals surface area contributed by atoms with Crippen molar-refractivity contribution in [2.45, 2.75) is 98.9 Å². The number of hydrogen-bond acceptors (Lipinski definition) is 16. The van der Waals surface area contributed by atoms with Gasteiger partial charge in [0, 0.05) is 0 Å². The van der Waals surface area contributed by atoms with Gasteiger partial charge in [-0.15, -0.1) is 0 Å². The number of aliphatic hydroxyl groups excluding tert-OH is 2. The van der Waals surface area contributed by atoms with Gasteiger partial charge in [-0.25, -0.2) is 0 Å². The molecule has 0 aromatic heterocycles. The van der Waals surface area contributed by atoms with Crippen molar-refractivity contribution in [3.63, 3.8) is 0 Å². The molecule has 0 aromatic carbocycles. The Kier molecular flexibility index (Phi) is 8.93. The summed E-state index contributed by atoms with van der Waals surface area (Å²) in [7, 11) is 0. The van der Waals surface area contributed by atoms with Crippen molar-refractivity contribution >= 4 is 23.9 Å². The number of hydrogen-bond donors (Lipinski definition) is 2. The number of rotatable bonds is 10. The van der Waals surface area contributed by atoms with Gasteiger partial charge in [0.15, 0.2) is 24.4 Å². The molecule has 16 nitrogen and oxygen atoms in total. The minimum atomic E-state index is -0.763. The van der Waals surface area contributed by atoms with Crippen LogP contribution in [0, 0.1) is 0 Å². The highest BCUT2D eigenvalue weighted by Crippen LogP contribution is 2.32. The maximum Gasteiger partial charge on any atom is 0.306 e. The van der Waals surface area contributed by atoms with Gasteiger partial charge in [0.25, 0.3) is 0 Å². The largest absolute Gasteiger partial charge is 0.457 e. The lowest BCUT2D eigenvalue weighted by atomic mass is 10.1. The van der Waals surface area contributed by atoms with Crippen LogP contribution in [0.1, 0.15) is 25.7 Å². The third kappa shape index (κ3) is 6.26. The van der Waals surface area contributed by atoms with Gasteiger partial charge in [-0.2, -0.15) is 0 Å². The first kappa shape index (κ1) is 29.6. The van der Waals surface area contributed by atoms with Crippen molar-refractivity contribution in [2.24, 2.45) is 0 Å². The molecule has 2 N–H and O–H groups in total. The van der Waals surface area contributed by atoms with Crippen molar-refractivity contribution in [1.82, 2.24) is 0 Å². The van der Waals surface area contributed by atoms with E-state index in [-0.39, 0.29) is 65.3 Å². The summed E-state index contributed by atoms with van der Waals surface area (Å²) in [5.74, 6) is -2.53. The third-order valence-electron chi connectivity index (χ3n) is 8.12. The molecule has 12 unspecified atom stereocenters. The van der Waals surface area contributed by atoms with Crippen molar-refractivity contribution in [2.75, 3.05) is 39.6 Å². The molecule has 234 valence electrons. The minimum Gasteiger partial charge on any atom is -0.457 e. The maximum absolute atomic E-state index is 12.4. The summed E-state index contributed by atoms with van der Waals surface area (Å²) in [5, 5.41) is 19.6. The van der Waals surface area contributed by atoms with Gasteiger partial charge >= 0.3 is 23.9 Å². The van der Waals surface area contributed by atoms with E-state index in [0.717, 1.165) is 0 Å². The third-order valence-corrected chi connectivity index (χ3v) is 8.12. The molecule has 0 spiro atoms. The molecule has 0 aliphatic carbocycles. The summed E-state index contributed by atoms with van der Waals surface area (Å²) in [4.78, 5) is 49.2. The first-order chi connectivity index (χ1) is 20.3. The lowest BCUT2D eigenvalue weighted by molar-refractivity contribution is -0.161. The molecule has 6 saturated heterocycles. The second-order valence-electron chi connectivity index (χ2n) is 11.0. The second-order valence-corrected chi connectivity index (χ2v) is 11.0. The van der Waals surface area contributed by atoms with E-state index in [1.165, 1.54) is 0 Å². The van der Waals surface area contributed by atoms with Crippen LogP contribution in [0.5, 0.6) is 0 Å². The van der Waals surface area contributed by atoms with Gasteiger partial charge in [-0.1, -0.05) is 0 Å². The van der Waals surface area contributed by atoms with Crippen LogP contribution in [-0.2, 0) is 66.5 Å². The van der Waals surface area contributed by atoms with Crippen molar-refractivity contribution in [3.8, 4) is 0 Å². The van der Waals surface area contributed by atoms with E-state index in [4.69, 9.17) is 47.4 Å². The second kappa shape index (κ2) is 12.7. The quantitative estimate of drug-likeness (QED) is 0.193. The summed E-state index contributed by atoms with van der Waals surface area (Å²) in [6, 6.07) is 0. The maximum atomic E-state index is 12.4. The number of carbonyl (C=O) groups is 4. The highest BCUT2D eigenvalue weighted by atomic mass is 16.7. The van der Waals surface area contributed by atoms with E-state index < -0.39 is 97.1 Å². The van der Waals surface area contributed by atoms with Crippen LogP contribution in [-0.4, -0.2) is 147 Å². The Morgan fingerprint density at radius 1 is 0.429 bits per heavy atom. The molecular formula is C26H34O16. The molecule has 6 heterocycles. The molecule has 6 rings (SSSR count). The molecule has 0 bridgehead atoms. The van der Waals surface area contributed by atoms with Crippen LogP contribution in [0.4, 0.5) is 0 Å². The van der Waals surface area contributed by atoms with E-state index in [1.54, 1.807) is 0 Å². The van der Waals surface area contributed by atoms with Gasteiger partial charge in [0.1, 0.15) is 48.8 Å². The zero-order valence-corrected chi connectivity index (χ0v) is 22.6. The Hall–Kier alpha value is -2.44. The minimum absolute atomic E-state index is 0.0242. The summed E-state index contributed by atoms with van der Waals surface area (Å²) >= 11 is 0. The first-order valence-corrected chi connectivity index (χ1v) is 14.1. The first-order valence-electron chi connectivity index (χ1n) is 14.1. The van der Waals surface area contributed by atoms with E-state index in [1.807, 2.05) is 0 Å². The van der Waals surface area contributed by atoms with Crippen molar-refractivity contribution < 1.29 is 76.8 Å². The highest BCUT2D eigenvalue weighted by molar-refractivity contribution is 5.78. The number of aliphatic hydroxyl groups is 2. The summed E-state index contributed by atoms with van der Waals surface area (Å²) in [5.41, 5.74) is 0. The molecule has 6 fully saturated rings. The lowest BCUT2D eigenvalue weighted by Gasteiger charge is -2.18. The number of carbonyl (C=O) groups excluding carboxylic acids is 4. The highest BCUT2D eigenvalue weighted by Gasteiger charge is 2.52. The van der Waals surface area contributed by atoms with Crippen LogP contribution < -0.4 is 0 Å². The SMILES string of the molecule is O=C(CCC(=O)OC1COC2C(OC(=O)CCC(=O)OC3COC4C(O)COC34)COC12)OC1COC2C(O)COC12. The molecule has 0 aromatic rings.